The molecule has 1 aromatic carbocycles. The van der Waals surface area contributed by atoms with Crippen molar-refractivity contribution in [1.29, 1.82) is 0 Å². The quantitative estimate of drug-likeness (QED) is 0.795. The fourth-order valence-electron chi connectivity index (χ4n) is 1.71. The number of rotatable bonds is 4. The van der Waals surface area contributed by atoms with Crippen molar-refractivity contribution in [3.63, 3.8) is 0 Å². The minimum absolute atomic E-state index is 0.178. The first-order valence-electron chi connectivity index (χ1n) is 7.21. The zero-order valence-corrected chi connectivity index (χ0v) is 16.0. The van der Waals surface area contributed by atoms with Crippen molar-refractivity contribution in [3.8, 4) is 11.3 Å². The molecule has 2 rings (SSSR count). The maximum atomic E-state index is 11.9. The van der Waals surface area contributed by atoms with Crippen molar-refractivity contribution in [3.05, 3.63) is 34.1 Å². The summed E-state index contributed by atoms with van der Waals surface area (Å²) in [4.78, 5) is 27.7. The molecule has 0 saturated heterocycles. The molecule has 0 unspecified atom stereocenters. The first kappa shape index (κ1) is 18.4. The number of amides is 2. The number of halogens is 1. The lowest BCUT2D eigenvalue weighted by Crippen LogP contribution is -2.37. The first-order chi connectivity index (χ1) is 11.2. The number of nitrogens with one attached hydrogen (secondary N) is 2. The number of carbonyl (C=O) groups is 2. The van der Waals surface area contributed by atoms with Crippen molar-refractivity contribution >= 4 is 44.4 Å². The molecule has 2 amide bonds. The molecular weight excluding hydrogens is 394 g/mol. The minimum Gasteiger partial charge on any atom is -0.444 e. The molecule has 2 N–H and O–H groups in total. The number of aromatic nitrogens is 1. The van der Waals surface area contributed by atoms with Gasteiger partial charge in [0.2, 0.25) is 5.91 Å². The zero-order valence-electron chi connectivity index (χ0n) is 13.6. The average Bonchev–Trinajstić information content (AvgIpc) is 2.92. The van der Waals surface area contributed by atoms with Gasteiger partial charge in [-0.1, -0.05) is 28.1 Å². The predicted molar refractivity (Wildman–Crippen MR) is 98.1 cm³/mol. The van der Waals surface area contributed by atoms with Gasteiger partial charge in [-0.25, -0.2) is 9.78 Å². The largest absolute Gasteiger partial charge is 0.444 e. The zero-order chi connectivity index (χ0) is 17.7. The Labute approximate surface area is 152 Å². The summed E-state index contributed by atoms with van der Waals surface area (Å²) in [5.41, 5.74) is 1.14. The van der Waals surface area contributed by atoms with Gasteiger partial charge in [0.15, 0.2) is 5.13 Å². The maximum Gasteiger partial charge on any atom is 0.408 e. The van der Waals surface area contributed by atoms with Gasteiger partial charge < -0.3 is 15.4 Å². The number of ether oxygens (including phenoxy) is 1. The van der Waals surface area contributed by atoms with Gasteiger partial charge in [0.05, 0.1) is 5.69 Å². The monoisotopic (exact) mass is 411 g/mol. The Morgan fingerprint density at radius 1 is 1.25 bits per heavy atom. The van der Waals surface area contributed by atoms with E-state index >= 15 is 0 Å². The molecule has 0 saturated carbocycles. The van der Waals surface area contributed by atoms with E-state index in [1.165, 1.54) is 11.3 Å². The van der Waals surface area contributed by atoms with E-state index in [2.05, 4.69) is 31.5 Å². The van der Waals surface area contributed by atoms with Crippen molar-refractivity contribution in [2.24, 2.45) is 0 Å². The van der Waals surface area contributed by atoms with Crippen LogP contribution in [-0.2, 0) is 9.53 Å². The molecule has 0 bridgehead atoms. The molecule has 0 spiro atoms. The third-order valence-electron chi connectivity index (χ3n) is 2.68. The van der Waals surface area contributed by atoms with Gasteiger partial charge in [-0.2, -0.15) is 0 Å². The van der Waals surface area contributed by atoms with Crippen LogP contribution < -0.4 is 10.6 Å². The molecule has 24 heavy (non-hydrogen) atoms. The molecule has 1 aromatic heterocycles. The SMILES string of the molecule is CC(C)(C)OC(=O)NCC(=O)Nc1nc(-c2ccc(Br)cc2)cs1. The summed E-state index contributed by atoms with van der Waals surface area (Å²) in [6.45, 7) is 5.09. The molecule has 1 heterocycles. The van der Waals surface area contributed by atoms with Crippen LogP contribution in [0.1, 0.15) is 20.8 Å². The van der Waals surface area contributed by atoms with Crippen LogP contribution in [0.4, 0.5) is 9.93 Å². The van der Waals surface area contributed by atoms with Gasteiger partial charge in [0.1, 0.15) is 12.1 Å². The molecule has 8 heteroatoms. The van der Waals surface area contributed by atoms with Crippen LogP contribution in [0.25, 0.3) is 11.3 Å². The topological polar surface area (TPSA) is 80.3 Å². The number of hydrogen-bond acceptors (Lipinski definition) is 5. The summed E-state index contributed by atoms with van der Waals surface area (Å²) in [6.07, 6.45) is -0.632. The number of nitrogens with zero attached hydrogens (tertiary/aromatic N) is 1. The Balaban J connectivity index is 1.87. The van der Waals surface area contributed by atoms with E-state index in [1.807, 2.05) is 29.6 Å². The second kappa shape index (κ2) is 7.76. The summed E-state index contributed by atoms with van der Waals surface area (Å²) >= 11 is 4.71. The van der Waals surface area contributed by atoms with Crippen LogP contribution in [0.2, 0.25) is 0 Å². The van der Waals surface area contributed by atoms with Crippen LogP contribution in [0.3, 0.4) is 0 Å². The minimum atomic E-state index is -0.632. The van der Waals surface area contributed by atoms with Crippen molar-refractivity contribution in [2.75, 3.05) is 11.9 Å². The smallest absolute Gasteiger partial charge is 0.408 e. The molecule has 0 aliphatic carbocycles. The normalized spacial score (nSPS) is 11.0. The highest BCUT2D eigenvalue weighted by molar-refractivity contribution is 9.10. The Hall–Kier alpha value is -1.93. The fourth-order valence-corrected chi connectivity index (χ4v) is 2.71. The second-order valence-corrected chi connectivity index (χ2v) is 7.72. The molecule has 0 fully saturated rings. The molecule has 128 valence electrons. The summed E-state index contributed by atoms with van der Waals surface area (Å²) in [6, 6.07) is 7.74. The van der Waals surface area contributed by atoms with E-state index in [-0.39, 0.29) is 12.5 Å². The van der Waals surface area contributed by atoms with Gasteiger partial charge in [0.25, 0.3) is 0 Å². The van der Waals surface area contributed by atoms with E-state index in [0.717, 1.165) is 15.7 Å². The number of anilines is 1. The Kier molecular flexibility index (Phi) is 5.95. The highest BCUT2D eigenvalue weighted by atomic mass is 79.9. The lowest BCUT2D eigenvalue weighted by molar-refractivity contribution is -0.115. The third-order valence-corrected chi connectivity index (χ3v) is 3.97. The standard InChI is InChI=1S/C16H18BrN3O3S/c1-16(2,3)23-15(22)18-8-13(21)20-14-19-12(9-24-14)10-4-6-11(17)7-5-10/h4-7,9H,8H2,1-3H3,(H,18,22)(H,19,20,21). The number of carbonyl (C=O) groups excluding carboxylic acids is 2. The van der Waals surface area contributed by atoms with E-state index in [4.69, 9.17) is 4.74 Å². The highest BCUT2D eigenvalue weighted by Gasteiger charge is 2.17. The van der Waals surface area contributed by atoms with E-state index in [9.17, 15) is 9.59 Å². The molecule has 0 aliphatic heterocycles. The number of thiazole rings is 1. The number of benzene rings is 1. The Morgan fingerprint density at radius 3 is 2.54 bits per heavy atom. The highest BCUT2D eigenvalue weighted by Crippen LogP contribution is 2.25. The summed E-state index contributed by atoms with van der Waals surface area (Å²) in [5.74, 6) is -0.363. The van der Waals surface area contributed by atoms with Gasteiger partial charge >= 0.3 is 6.09 Å². The summed E-state index contributed by atoms with van der Waals surface area (Å²) < 4.78 is 6.05. The molecule has 0 radical (unpaired) electrons. The predicted octanol–water partition coefficient (Wildman–Crippen LogP) is 4.04. The van der Waals surface area contributed by atoms with Gasteiger partial charge in [-0.15, -0.1) is 11.3 Å². The van der Waals surface area contributed by atoms with E-state index < -0.39 is 11.7 Å². The first-order valence-corrected chi connectivity index (χ1v) is 8.88. The van der Waals surface area contributed by atoms with Crippen LogP contribution in [0.15, 0.2) is 34.1 Å². The molecular formula is C16H18BrN3O3S. The molecule has 0 atom stereocenters. The maximum absolute atomic E-state index is 11.9. The lowest BCUT2D eigenvalue weighted by atomic mass is 10.2. The molecule has 0 aliphatic rings. The van der Waals surface area contributed by atoms with Gasteiger partial charge in [-0.3, -0.25) is 4.79 Å². The Morgan fingerprint density at radius 2 is 1.92 bits per heavy atom. The number of hydrogen-bond donors (Lipinski definition) is 2. The summed E-state index contributed by atoms with van der Waals surface area (Å²) in [5, 5.41) is 7.39. The molecule has 6 nitrogen and oxygen atoms in total. The van der Waals surface area contributed by atoms with Crippen molar-refractivity contribution in [1.82, 2.24) is 10.3 Å². The summed E-state index contributed by atoms with van der Waals surface area (Å²) in [7, 11) is 0. The van der Waals surface area contributed by atoms with Crippen LogP contribution >= 0.6 is 27.3 Å². The van der Waals surface area contributed by atoms with E-state index in [0.29, 0.717) is 5.13 Å². The van der Waals surface area contributed by atoms with Crippen LogP contribution in [0.5, 0.6) is 0 Å². The van der Waals surface area contributed by atoms with Gasteiger partial charge in [0, 0.05) is 15.4 Å². The second-order valence-electron chi connectivity index (χ2n) is 5.95. The van der Waals surface area contributed by atoms with Crippen LogP contribution in [-0.4, -0.2) is 29.1 Å². The number of alkyl carbamates (subject to hydrolysis) is 1. The van der Waals surface area contributed by atoms with Crippen LogP contribution in [0, 0.1) is 0 Å². The Bertz CT molecular complexity index is 723. The third kappa shape index (κ3) is 5.93. The van der Waals surface area contributed by atoms with Crippen molar-refractivity contribution < 1.29 is 14.3 Å². The lowest BCUT2D eigenvalue weighted by Gasteiger charge is -2.19. The van der Waals surface area contributed by atoms with Crippen molar-refractivity contribution in [2.45, 2.75) is 26.4 Å². The average molecular weight is 412 g/mol. The van der Waals surface area contributed by atoms with E-state index in [1.54, 1.807) is 20.8 Å². The fraction of sp³-hybridized carbons (Fsp3) is 0.312. The molecule has 2 aromatic rings. The van der Waals surface area contributed by atoms with Gasteiger partial charge in [-0.05, 0) is 32.9 Å².